The van der Waals surface area contributed by atoms with Crippen LogP contribution in [-0.4, -0.2) is 38.3 Å². The third kappa shape index (κ3) is 4.25. The van der Waals surface area contributed by atoms with E-state index in [1.807, 2.05) is 18.2 Å². The van der Waals surface area contributed by atoms with Gasteiger partial charge in [0.25, 0.3) is 0 Å². The highest BCUT2D eigenvalue weighted by Crippen LogP contribution is 2.33. The number of allylic oxidation sites excluding steroid dienone is 1. The molecule has 2 N–H and O–H groups in total. The Balaban J connectivity index is 1.52. The Kier molecular flexibility index (Phi) is 6.14. The van der Waals surface area contributed by atoms with Gasteiger partial charge in [0.15, 0.2) is 11.0 Å². The van der Waals surface area contributed by atoms with Gasteiger partial charge in [-0.3, -0.25) is 4.90 Å². The smallest absolute Gasteiger partial charge is 0.169 e. The first-order valence-corrected chi connectivity index (χ1v) is 12.3. The molecule has 0 saturated carbocycles. The van der Waals surface area contributed by atoms with Gasteiger partial charge in [-0.1, -0.05) is 60.3 Å². The second-order valence-electron chi connectivity index (χ2n) is 8.42. The van der Waals surface area contributed by atoms with Gasteiger partial charge in [-0.2, -0.15) is 0 Å². The summed E-state index contributed by atoms with van der Waals surface area (Å²) in [5.74, 6) is 1.43. The van der Waals surface area contributed by atoms with E-state index in [2.05, 4.69) is 57.4 Å². The fourth-order valence-corrected chi connectivity index (χ4v) is 5.39. The van der Waals surface area contributed by atoms with E-state index >= 15 is 0 Å². The van der Waals surface area contributed by atoms with Gasteiger partial charge in [0.05, 0.1) is 17.6 Å². The molecule has 1 saturated heterocycles. The van der Waals surface area contributed by atoms with Crippen LogP contribution in [0.1, 0.15) is 30.4 Å². The van der Waals surface area contributed by atoms with Crippen molar-refractivity contribution in [3.05, 3.63) is 72.3 Å². The van der Waals surface area contributed by atoms with Crippen molar-refractivity contribution >= 4 is 39.5 Å². The van der Waals surface area contributed by atoms with Crippen LogP contribution in [0.5, 0.6) is 0 Å². The average Bonchev–Trinajstić information content (AvgIpc) is 3.44. The summed E-state index contributed by atoms with van der Waals surface area (Å²) in [4.78, 5) is 12.0. The molecule has 2 aromatic carbocycles. The van der Waals surface area contributed by atoms with Gasteiger partial charge in [0.2, 0.25) is 0 Å². The molecule has 0 radical (unpaired) electrons. The summed E-state index contributed by atoms with van der Waals surface area (Å²) in [7, 11) is 0. The van der Waals surface area contributed by atoms with Crippen molar-refractivity contribution in [1.82, 2.24) is 19.4 Å². The van der Waals surface area contributed by atoms with Crippen LogP contribution in [-0.2, 0) is 13.1 Å². The van der Waals surface area contributed by atoms with Gasteiger partial charge in [0, 0.05) is 17.7 Å². The van der Waals surface area contributed by atoms with E-state index in [0.29, 0.717) is 5.82 Å². The lowest BCUT2D eigenvalue weighted by atomic mass is 10.1. The summed E-state index contributed by atoms with van der Waals surface area (Å²) < 4.78 is 2.30. The third-order valence-electron chi connectivity index (χ3n) is 6.10. The average molecular weight is 444 g/mol. The molecule has 5 rings (SSSR count). The number of benzene rings is 2. The number of aromatic nitrogens is 3. The Morgan fingerprint density at radius 3 is 2.44 bits per heavy atom. The zero-order valence-electron chi connectivity index (χ0n) is 18.3. The van der Waals surface area contributed by atoms with Gasteiger partial charge in [-0.25, -0.2) is 9.97 Å². The Bertz CT molecular complexity index is 1240. The molecule has 1 fully saturated rings. The van der Waals surface area contributed by atoms with Crippen molar-refractivity contribution in [2.24, 2.45) is 0 Å². The summed E-state index contributed by atoms with van der Waals surface area (Å²) in [6, 6.07) is 17.2. The van der Waals surface area contributed by atoms with Gasteiger partial charge in [-0.05, 0) is 49.5 Å². The minimum atomic E-state index is 0.490. The van der Waals surface area contributed by atoms with Crippen molar-refractivity contribution in [3.63, 3.8) is 0 Å². The number of para-hydroxylation sites is 1. The molecule has 0 spiro atoms. The number of nitrogen functional groups attached to an aromatic ring is 1. The van der Waals surface area contributed by atoms with Crippen molar-refractivity contribution in [2.45, 2.75) is 37.5 Å². The summed E-state index contributed by atoms with van der Waals surface area (Å²) >= 11 is 1.75. The Labute approximate surface area is 193 Å². The maximum Gasteiger partial charge on any atom is 0.169 e. The predicted molar refractivity (Wildman–Crippen MR) is 135 cm³/mol. The van der Waals surface area contributed by atoms with Crippen LogP contribution in [0.3, 0.4) is 0 Å². The number of pyridine rings is 1. The van der Waals surface area contributed by atoms with Crippen LogP contribution in [0.15, 0.2) is 66.3 Å². The molecule has 0 bridgehead atoms. The number of nitrogens with two attached hydrogens (primary N) is 1. The minimum absolute atomic E-state index is 0.490. The van der Waals surface area contributed by atoms with Crippen molar-refractivity contribution in [2.75, 3.05) is 24.6 Å². The zero-order chi connectivity index (χ0) is 21.9. The van der Waals surface area contributed by atoms with E-state index in [0.717, 1.165) is 52.4 Å². The molecule has 6 heteroatoms. The zero-order valence-corrected chi connectivity index (χ0v) is 19.2. The predicted octanol–water partition coefficient (Wildman–Crippen LogP) is 5.48. The van der Waals surface area contributed by atoms with Gasteiger partial charge < -0.3 is 10.3 Å². The molecule has 0 amide bonds. The van der Waals surface area contributed by atoms with Crippen LogP contribution in [0.4, 0.5) is 5.82 Å². The summed E-state index contributed by atoms with van der Waals surface area (Å²) in [6.45, 7) is 8.09. The molecule has 0 atom stereocenters. The molecule has 32 heavy (non-hydrogen) atoms. The second-order valence-corrected chi connectivity index (χ2v) is 9.48. The van der Waals surface area contributed by atoms with Crippen molar-refractivity contribution in [3.8, 4) is 0 Å². The Morgan fingerprint density at radius 2 is 1.69 bits per heavy atom. The van der Waals surface area contributed by atoms with Gasteiger partial charge in [-0.15, -0.1) is 6.58 Å². The fraction of sp³-hybridized carbons (Fsp3) is 0.308. The molecule has 2 aromatic heterocycles. The number of anilines is 1. The Hall–Kier alpha value is -2.83. The number of likely N-dealkylation sites (tertiary alicyclic amines) is 1. The molecule has 1 aliphatic heterocycles. The second kappa shape index (κ2) is 9.35. The number of fused-ring (bicyclic) bond motifs is 3. The van der Waals surface area contributed by atoms with Crippen LogP contribution >= 0.6 is 11.8 Å². The molecule has 4 aromatic rings. The highest BCUT2D eigenvalue weighted by atomic mass is 32.2. The number of hydrogen-bond acceptors (Lipinski definition) is 5. The molecule has 164 valence electrons. The van der Waals surface area contributed by atoms with Crippen molar-refractivity contribution < 1.29 is 0 Å². The fourth-order valence-electron chi connectivity index (χ4n) is 4.46. The lowest BCUT2D eigenvalue weighted by molar-refractivity contribution is 0.331. The monoisotopic (exact) mass is 443 g/mol. The Morgan fingerprint density at radius 1 is 0.969 bits per heavy atom. The summed E-state index contributed by atoms with van der Waals surface area (Å²) in [5.41, 5.74) is 11.7. The highest BCUT2D eigenvalue weighted by Gasteiger charge is 2.18. The molecular formula is C26H29N5S. The third-order valence-corrected chi connectivity index (χ3v) is 7.11. The number of rotatable bonds is 8. The van der Waals surface area contributed by atoms with E-state index in [1.165, 1.54) is 37.1 Å². The first-order valence-electron chi connectivity index (χ1n) is 11.3. The largest absolute Gasteiger partial charge is 0.382 e. The topological polar surface area (TPSA) is 60.0 Å². The lowest BCUT2D eigenvalue weighted by Gasteiger charge is -2.15. The summed E-state index contributed by atoms with van der Waals surface area (Å²) in [5, 5.41) is 2.07. The minimum Gasteiger partial charge on any atom is -0.382 e. The molecule has 1 aliphatic rings. The summed E-state index contributed by atoms with van der Waals surface area (Å²) in [6.07, 6.45) is 5.53. The SMILES string of the molecule is C=CCCSc1nc2c(N)nc3ccccc3c2n1Cc1ccc(CN2CCCC2)cc1. The lowest BCUT2D eigenvalue weighted by Crippen LogP contribution is -2.18. The standard InChI is InChI=1S/C26H29N5S/c1-2-3-16-32-26-29-23-24(21-8-4-5-9-22(21)28-25(23)27)31(26)18-20-12-10-19(11-13-20)17-30-14-6-7-15-30/h2,4-5,8-13H,1,3,6-7,14-18H2,(H2,27,28). The van der Waals surface area contributed by atoms with E-state index in [9.17, 15) is 0 Å². The first kappa shape index (κ1) is 21.0. The van der Waals surface area contributed by atoms with Crippen LogP contribution in [0.2, 0.25) is 0 Å². The van der Waals surface area contributed by atoms with Crippen LogP contribution < -0.4 is 5.73 Å². The quantitative estimate of drug-likeness (QED) is 0.222. The van der Waals surface area contributed by atoms with E-state index in [-0.39, 0.29) is 0 Å². The van der Waals surface area contributed by atoms with Crippen LogP contribution in [0, 0.1) is 0 Å². The van der Waals surface area contributed by atoms with Gasteiger partial charge in [0.1, 0.15) is 5.52 Å². The van der Waals surface area contributed by atoms with E-state index in [1.54, 1.807) is 11.8 Å². The van der Waals surface area contributed by atoms with Gasteiger partial charge >= 0.3 is 0 Å². The highest BCUT2D eigenvalue weighted by molar-refractivity contribution is 7.99. The maximum absolute atomic E-state index is 6.33. The number of imidazole rings is 1. The van der Waals surface area contributed by atoms with Crippen molar-refractivity contribution in [1.29, 1.82) is 0 Å². The molecule has 0 unspecified atom stereocenters. The maximum atomic E-state index is 6.33. The van der Waals surface area contributed by atoms with E-state index in [4.69, 9.17) is 10.7 Å². The molecule has 5 nitrogen and oxygen atoms in total. The first-order chi connectivity index (χ1) is 15.7. The molecule has 3 heterocycles. The molecule has 0 aliphatic carbocycles. The van der Waals surface area contributed by atoms with E-state index < -0.39 is 0 Å². The van der Waals surface area contributed by atoms with Crippen LogP contribution in [0.25, 0.3) is 21.9 Å². The molecular weight excluding hydrogens is 414 g/mol. The number of hydrogen-bond donors (Lipinski definition) is 1. The normalized spacial score (nSPS) is 14.5. The number of thioether (sulfide) groups is 1. The number of nitrogens with zero attached hydrogens (tertiary/aromatic N) is 4.